The number of hydrogen-bond acceptors (Lipinski definition) is 4. The van der Waals surface area contributed by atoms with Gasteiger partial charge in [0.25, 0.3) is 0 Å². The fourth-order valence-electron chi connectivity index (χ4n) is 3.29. The van der Waals surface area contributed by atoms with Crippen molar-refractivity contribution in [2.24, 2.45) is 16.8 Å². The van der Waals surface area contributed by atoms with Crippen molar-refractivity contribution < 1.29 is 4.42 Å². The van der Waals surface area contributed by atoms with E-state index in [0.717, 1.165) is 41.5 Å². The second-order valence-corrected chi connectivity index (χ2v) is 7.70. The van der Waals surface area contributed by atoms with Gasteiger partial charge >= 0.3 is 0 Å². The van der Waals surface area contributed by atoms with Gasteiger partial charge in [-0.2, -0.15) is 0 Å². The van der Waals surface area contributed by atoms with E-state index < -0.39 is 0 Å². The van der Waals surface area contributed by atoms with E-state index in [-0.39, 0.29) is 0 Å². The Morgan fingerprint density at radius 2 is 2.42 bits per heavy atom. The third kappa shape index (κ3) is 4.17. The Morgan fingerprint density at radius 1 is 1.54 bits per heavy atom. The molecule has 0 saturated carbocycles. The van der Waals surface area contributed by atoms with Crippen molar-refractivity contribution >= 4 is 17.3 Å². The molecule has 0 amide bonds. The Kier molecular flexibility index (Phi) is 5.56. The first-order valence-corrected chi connectivity index (χ1v) is 9.47. The van der Waals surface area contributed by atoms with E-state index in [1.165, 1.54) is 12.8 Å². The fraction of sp³-hybridized carbons (Fsp3) is 0.556. The number of hydrogen-bond donors (Lipinski definition) is 1. The summed E-state index contributed by atoms with van der Waals surface area (Å²) >= 11 is 1.63. The molecule has 0 spiro atoms. The molecule has 0 radical (unpaired) electrons. The summed E-state index contributed by atoms with van der Waals surface area (Å²) in [5, 5.41) is 5.45. The molecule has 6 heteroatoms. The van der Waals surface area contributed by atoms with Crippen LogP contribution in [0.2, 0.25) is 0 Å². The number of thiophene rings is 1. The first kappa shape index (κ1) is 17.0. The van der Waals surface area contributed by atoms with Crippen LogP contribution < -0.4 is 5.32 Å². The van der Waals surface area contributed by atoms with Crippen molar-refractivity contribution in [2.75, 3.05) is 20.1 Å². The Bertz CT molecular complexity index is 662. The molecule has 24 heavy (non-hydrogen) atoms. The van der Waals surface area contributed by atoms with Crippen LogP contribution in [0.5, 0.6) is 0 Å². The van der Waals surface area contributed by atoms with Gasteiger partial charge in [0.1, 0.15) is 6.26 Å². The van der Waals surface area contributed by atoms with Crippen molar-refractivity contribution in [2.45, 2.75) is 33.2 Å². The van der Waals surface area contributed by atoms with Gasteiger partial charge in [-0.25, -0.2) is 4.98 Å². The average Bonchev–Trinajstić information content (AvgIpc) is 3.28. The number of aromatic nitrogens is 1. The quantitative estimate of drug-likeness (QED) is 0.660. The van der Waals surface area contributed by atoms with Crippen LogP contribution in [0.4, 0.5) is 0 Å². The molecular weight excluding hydrogens is 320 g/mol. The second kappa shape index (κ2) is 7.83. The van der Waals surface area contributed by atoms with Gasteiger partial charge in [-0.05, 0) is 36.1 Å². The third-order valence-corrected chi connectivity index (χ3v) is 5.17. The minimum Gasteiger partial charge on any atom is -0.443 e. The Balaban J connectivity index is 1.53. The molecule has 0 aliphatic carbocycles. The number of aliphatic imine (C=N–C) groups is 1. The van der Waals surface area contributed by atoms with Crippen LogP contribution in [-0.2, 0) is 6.54 Å². The van der Waals surface area contributed by atoms with Crippen LogP contribution >= 0.6 is 11.3 Å². The normalized spacial score (nSPS) is 18.6. The highest BCUT2D eigenvalue weighted by Gasteiger charge is 2.25. The number of nitrogens with one attached hydrogen (secondary N) is 1. The van der Waals surface area contributed by atoms with Gasteiger partial charge < -0.3 is 14.6 Å². The number of rotatable bonds is 5. The van der Waals surface area contributed by atoms with Crippen molar-refractivity contribution in [3.8, 4) is 10.8 Å². The van der Waals surface area contributed by atoms with Gasteiger partial charge in [-0.3, -0.25) is 4.99 Å². The highest BCUT2D eigenvalue weighted by atomic mass is 32.1. The molecule has 0 bridgehead atoms. The number of guanidine groups is 1. The maximum absolute atomic E-state index is 5.57. The van der Waals surface area contributed by atoms with Crippen LogP contribution in [0.15, 0.2) is 33.2 Å². The molecule has 3 heterocycles. The summed E-state index contributed by atoms with van der Waals surface area (Å²) in [5.74, 6) is 3.19. The number of likely N-dealkylation sites (tertiary alicyclic amines) is 1. The van der Waals surface area contributed by atoms with E-state index >= 15 is 0 Å². The summed E-state index contributed by atoms with van der Waals surface area (Å²) < 4.78 is 5.57. The molecule has 0 aromatic carbocycles. The van der Waals surface area contributed by atoms with Crippen molar-refractivity contribution in [3.05, 3.63) is 29.5 Å². The minimum absolute atomic E-state index is 0.632. The summed E-state index contributed by atoms with van der Waals surface area (Å²) in [4.78, 5) is 12.4. The predicted octanol–water partition coefficient (Wildman–Crippen LogP) is 3.85. The molecule has 1 fully saturated rings. The molecule has 1 unspecified atom stereocenters. The largest absolute Gasteiger partial charge is 0.443 e. The van der Waals surface area contributed by atoms with Gasteiger partial charge in [0.2, 0.25) is 5.89 Å². The molecule has 5 nitrogen and oxygen atoms in total. The lowest BCUT2D eigenvalue weighted by Crippen LogP contribution is -2.39. The molecule has 1 N–H and O–H groups in total. The Morgan fingerprint density at radius 3 is 3.12 bits per heavy atom. The van der Waals surface area contributed by atoms with E-state index in [1.54, 1.807) is 17.6 Å². The Hall–Kier alpha value is -1.82. The zero-order valence-corrected chi connectivity index (χ0v) is 15.5. The molecule has 2 aromatic heterocycles. The lowest BCUT2D eigenvalue weighted by atomic mass is 9.97. The van der Waals surface area contributed by atoms with Gasteiger partial charge in [-0.1, -0.05) is 19.9 Å². The number of nitrogens with zero attached hydrogens (tertiary/aromatic N) is 3. The first-order valence-electron chi connectivity index (χ1n) is 8.59. The zero-order chi connectivity index (χ0) is 16.9. The molecule has 2 aromatic rings. The summed E-state index contributed by atoms with van der Waals surface area (Å²) in [7, 11) is 1.85. The monoisotopic (exact) mass is 346 g/mol. The van der Waals surface area contributed by atoms with Gasteiger partial charge in [0.05, 0.1) is 17.1 Å². The molecule has 1 aliphatic heterocycles. The van der Waals surface area contributed by atoms with Crippen LogP contribution in [-0.4, -0.2) is 36.0 Å². The summed E-state index contributed by atoms with van der Waals surface area (Å²) in [6.07, 6.45) is 4.27. The van der Waals surface area contributed by atoms with Crippen LogP contribution in [0.1, 0.15) is 32.4 Å². The van der Waals surface area contributed by atoms with E-state index in [1.807, 2.05) is 24.6 Å². The van der Waals surface area contributed by atoms with Crippen LogP contribution in [0.3, 0.4) is 0 Å². The van der Waals surface area contributed by atoms with E-state index in [2.05, 4.69) is 34.0 Å². The molecule has 1 atom stereocenters. The molecule has 3 rings (SSSR count). The maximum Gasteiger partial charge on any atom is 0.236 e. The van der Waals surface area contributed by atoms with Gasteiger partial charge in [0.15, 0.2) is 5.96 Å². The fourth-order valence-corrected chi connectivity index (χ4v) is 3.94. The van der Waals surface area contributed by atoms with E-state index in [4.69, 9.17) is 4.42 Å². The average molecular weight is 347 g/mol. The highest BCUT2D eigenvalue weighted by Crippen LogP contribution is 2.24. The van der Waals surface area contributed by atoms with Crippen molar-refractivity contribution in [1.82, 2.24) is 15.2 Å². The van der Waals surface area contributed by atoms with Crippen molar-refractivity contribution in [1.29, 1.82) is 0 Å². The smallest absolute Gasteiger partial charge is 0.236 e. The lowest BCUT2D eigenvalue weighted by molar-refractivity contribution is 0.403. The standard InChI is InChI=1S/C18H26N4OS/c1-13(2)9-14-6-7-22(11-14)18(19-3)20-10-15-12-23-17(21-15)16-5-4-8-24-16/h4-5,8,12-14H,6-7,9-11H2,1-3H3,(H,19,20). The zero-order valence-electron chi connectivity index (χ0n) is 14.7. The van der Waals surface area contributed by atoms with Gasteiger partial charge in [-0.15, -0.1) is 11.3 Å². The molecule has 130 valence electrons. The SMILES string of the molecule is CN=C(NCc1coc(-c2cccs2)n1)N1CCC(CC(C)C)C1. The summed E-state index contributed by atoms with van der Waals surface area (Å²) in [5.41, 5.74) is 0.900. The molecular formula is C18H26N4OS. The predicted molar refractivity (Wildman–Crippen MR) is 99.1 cm³/mol. The van der Waals surface area contributed by atoms with E-state index in [9.17, 15) is 0 Å². The van der Waals surface area contributed by atoms with Crippen molar-refractivity contribution in [3.63, 3.8) is 0 Å². The van der Waals surface area contributed by atoms with Crippen LogP contribution in [0, 0.1) is 11.8 Å². The molecule has 1 aliphatic rings. The molecule has 1 saturated heterocycles. The lowest BCUT2D eigenvalue weighted by Gasteiger charge is -2.21. The maximum atomic E-state index is 5.57. The summed E-state index contributed by atoms with van der Waals surface area (Å²) in [6.45, 7) is 7.40. The topological polar surface area (TPSA) is 53.7 Å². The number of oxazole rings is 1. The third-order valence-electron chi connectivity index (χ3n) is 4.31. The van der Waals surface area contributed by atoms with E-state index in [0.29, 0.717) is 12.4 Å². The summed E-state index contributed by atoms with van der Waals surface area (Å²) in [6, 6.07) is 4.02. The second-order valence-electron chi connectivity index (χ2n) is 6.75. The van der Waals surface area contributed by atoms with Gasteiger partial charge in [0, 0.05) is 20.1 Å². The first-order chi connectivity index (χ1) is 11.7. The minimum atomic E-state index is 0.632. The Labute approximate surface area is 147 Å². The van der Waals surface area contributed by atoms with Crippen LogP contribution in [0.25, 0.3) is 10.8 Å². The highest BCUT2D eigenvalue weighted by molar-refractivity contribution is 7.13.